The van der Waals surface area contributed by atoms with Crippen molar-refractivity contribution >= 4 is 11.6 Å². The number of nitrogens with one attached hydrogen (secondary N) is 1. The van der Waals surface area contributed by atoms with Gasteiger partial charge in [0.2, 0.25) is 0 Å². The zero-order valence-electron chi connectivity index (χ0n) is 14.3. The van der Waals surface area contributed by atoms with Gasteiger partial charge in [-0.25, -0.2) is 0 Å². The van der Waals surface area contributed by atoms with Crippen LogP contribution in [0.25, 0.3) is 0 Å². The van der Waals surface area contributed by atoms with Gasteiger partial charge in [0.15, 0.2) is 0 Å². The summed E-state index contributed by atoms with van der Waals surface area (Å²) in [7, 11) is 0. The Hall–Kier alpha value is -0.570. The van der Waals surface area contributed by atoms with Gasteiger partial charge in [0.05, 0.1) is 5.60 Å². The van der Waals surface area contributed by atoms with Crippen molar-refractivity contribution in [3.05, 3.63) is 34.9 Å². The number of benzene rings is 1. The summed E-state index contributed by atoms with van der Waals surface area (Å²) in [5, 5.41) is 4.42. The fourth-order valence-corrected chi connectivity index (χ4v) is 2.40. The molecule has 0 aliphatic heterocycles. The highest BCUT2D eigenvalue weighted by molar-refractivity contribution is 6.31. The first-order valence-corrected chi connectivity index (χ1v) is 8.10. The summed E-state index contributed by atoms with van der Waals surface area (Å²) in [6, 6.07) is 8.11. The Morgan fingerprint density at radius 2 is 1.71 bits per heavy atom. The number of hydrogen-bond acceptors (Lipinski definition) is 2. The molecule has 0 bridgehead atoms. The molecule has 1 rings (SSSR count). The lowest BCUT2D eigenvalue weighted by Crippen LogP contribution is -2.39. The van der Waals surface area contributed by atoms with Gasteiger partial charge in [0, 0.05) is 29.6 Å². The number of halogens is 1. The maximum absolute atomic E-state index is 6.37. The molecular weight excluding hydrogens is 282 g/mol. The maximum atomic E-state index is 6.37. The lowest BCUT2D eigenvalue weighted by atomic mass is 9.94. The minimum Gasteiger partial charge on any atom is -0.376 e. The third kappa shape index (κ3) is 7.85. The topological polar surface area (TPSA) is 21.3 Å². The van der Waals surface area contributed by atoms with Gasteiger partial charge in [0.1, 0.15) is 0 Å². The molecule has 21 heavy (non-hydrogen) atoms. The molecule has 0 radical (unpaired) electrons. The third-order valence-electron chi connectivity index (χ3n) is 3.23. The largest absolute Gasteiger partial charge is 0.376 e. The molecule has 1 atom stereocenters. The van der Waals surface area contributed by atoms with E-state index in [1.807, 2.05) is 12.1 Å². The normalized spacial score (nSPS) is 14.2. The van der Waals surface area contributed by atoms with E-state index >= 15 is 0 Å². The van der Waals surface area contributed by atoms with Crippen LogP contribution in [0.5, 0.6) is 0 Å². The van der Waals surface area contributed by atoms with Crippen LogP contribution in [0.4, 0.5) is 0 Å². The van der Waals surface area contributed by atoms with E-state index in [0.29, 0.717) is 5.92 Å². The van der Waals surface area contributed by atoms with Crippen molar-refractivity contribution in [2.45, 2.75) is 65.0 Å². The van der Waals surface area contributed by atoms with E-state index in [2.05, 4.69) is 59.0 Å². The summed E-state index contributed by atoms with van der Waals surface area (Å²) in [5.74, 6) is 0.361. The van der Waals surface area contributed by atoms with E-state index in [9.17, 15) is 0 Å². The van der Waals surface area contributed by atoms with Gasteiger partial charge in [-0.15, -0.1) is 0 Å². The summed E-state index contributed by atoms with van der Waals surface area (Å²) in [4.78, 5) is 0. The van der Waals surface area contributed by atoms with Gasteiger partial charge in [-0.1, -0.05) is 29.8 Å². The van der Waals surface area contributed by atoms with Crippen molar-refractivity contribution in [1.29, 1.82) is 0 Å². The first-order valence-electron chi connectivity index (χ1n) is 7.72. The highest BCUT2D eigenvalue weighted by Crippen LogP contribution is 2.27. The quantitative estimate of drug-likeness (QED) is 0.796. The molecule has 2 nitrogen and oxygen atoms in total. The second-order valence-corrected chi connectivity index (χ2v) is 8.01. The van der Waals surface area contributed by atoms with E-state index in [4.69, 9.17) is 16.3 Å². The van der Waals surface area contributed by atoms with E-state index in [-0.39, 0.29) is 11.1 Å². The Morgan fingerprint density at radius 3 is 2.24 bits per heavy atom. The molecule has 0 fully saturated rings. The summed E-state index contributed by atoms with van der Waals surface area (Å²) < 4.78 is 5.88. The molecule has 1 aromatic carbocycles. The highest BCUT2D eigenvalue weighted by atomic mass is 35.5. The predicted molar refractivity (Wildman–Crippen MR) is 92.3 cm³/mol. The Labute approximate surface area is 135 Å². The smallest absolute Gasteiger partial charge is 0.0598 e. The molecule has 3 heteroatoms. The van der Waals surface area contributed by atoms with Gasteiger partial charge in [-0.2, -0.15) is 0 Å². The summed E-state index contributed by atoms with van der Waals surface area (Å²) in [6.45, 7) is 14.5. The highest BCUT2D eigenvalue weighted by Gasteiger charge is 2.19. The Bertz CT molecular complexity index is 432. The molecule has 0 spiro atoms. The molecule has 0 aliphatic carbocycles. The van der Waals surface area contributed by atoms with Crippen molar-refractivity contribution in [2.75, 3.05) is 13.2 Å². The molecule has 0 aliphatic rings. The summed E-state index contributed by atoms with van der Waals surface area (Å²) in [5.41, 5.74) is 1.21. The molecule has 0 saturated heterocycles. The lowest BCUT2D eigenvalue weighted by Gasteiger charge is -2.27. The Kier molecular flexibility index (Phi) is 6.71. The van der Waals surface area contributed by atoms with E-state index < -0.39 is 0 Å². The Balaban J connectivity index is 2.73. The van der Waals surface area contributed by atoms with Crippen LogP contribution < -0.4 is 5.32 Å². The molecule has 1 aromatic rings. The van der Waals surface area contributed by atoms with Crippen molar-refractivity contribution in [3.8, 4) is 0 Å². The van der Waals surface area contributed by atoms with Crippen molar-refractivity contribution in [1.82, 2.24) is 5.32 Å². The fourth-order valence-electron chi connectivity index (χ4n) is 2.11. The molecule has 1 N–H and O–H groups in total. The van der Waals surface area contributed by atoms with Crippen LogP contribution in [-0.2, 0) is 4.74 Å². The SMILES string of the molecule is CC(C)(C)NCC(CCOC(C)(C)C)c1ccccc1Cl. The predicted octanol–water partition coefficient (Wildman–Crippen LogP) is 5.02. The number of hydrogen-bond donors (Lipinski definition) is 1. The molecule has 120 valence electrons. The van der Waals surface area contributed by atoms with Gasteiger partial charge in [0.25, 0.3) is 0 Å². The van der Waals surface area contributed by atoms with E-state index in [1.54, 1.807) is 0 Å². The maximum Gasteiger partial charge on any atom is 0.0598 e. The standard InChI is InChI=1S/C18H30ClNO/c1-17(2,3)20-13-14(11-12-21-18(4,5)6)15-9-7-8-10-16(15)19/h7-10,14,20H,11-13H2,1-6H3. The van der Waals surface area contributed by atoms with Crippen LogP contribution in [0.1, 0.15) is 59.4 Å². The zero-order chi connectivity index (χ0) is 16.1. The second kappa shape index (κ2) is 7.62. The zero-order valence-corrected chi connectivity index (χ0v) is 15.1. The summed E-state index contributed by atoms with van der Waals surface area (Å²) >= 11 is 6.37. The van der Waals surface area contributed by atoms with Crippen LogP contribution >= 0.6 is 11.6 Å². The van der Waals surface area contributed by atoms with Crippen molar-refractivity contribution in [3.63, 3.8) is 0 Å². The van der Waals surface area contributed by atoms with Gasteiger partial charge < -0.3 is 10.1 Å². The molecule has 0 aromatic heterocycles. The van der Waals surface area contributed by atoms with Gasteiger partial charge >= 0.3 is 0 Å². The molecule has 0 amide bonds. The van der Waals surface area contributed by atoms with Crippen LogP contribution in [0.2, 0.25) is 5.02 Å². The van der Waals surface area contributed by atoms with E-state index in [1.165, 1.54) is 5.56 Å². The van der Waals surface area contributed by atoms with Crippen LogP contribution in [-0.4, -0.2) is 24.3 Å². The van der Waals surface area contributed by atoms with Crippen LogP contribution in [0.3, 0.4) is 0 Å². The van der Waals surface area contributed by atoms with Crippen molar-refractivity contribution < 1.29 is 4.74 Å². The number of rotatable bonds is 6. The Morgan fingerprint density at radius 1 is 1.10 bits per heavy atom. The van der Waals surface area contributed by atoms with Gasteiger partial charge in [-0.3, -0.25) is 0 Å². The first-order chi connectivity index (χ1) is 9.58. The van der Waals surface area contributed by atoms with Crippen LogP contribution in [0.15, 0.2) is 24.3 Å². The monoisotopic (exact) mass is 311 g/mol. The summed E-state index contributed by atoms with van der Waals surface area (Å²) in [6.07, 6.45) is 0.962. The minimum atomic E-state index is -0.0948. The lowest BCUT2D eigenvalue weighted by molar-refractivity contribution is -0.00638. The van der Waals surface area contributed by atoms with Gasteiger partial charge in [-0.05, 0) is 59.6 Å². The number of ether oxygens (including phenoxy) is 1. The third-order valence-corrected chi connectivity index (χ3v) is 3.57. The van der Waals surface area contributed by atoms with E-state index in [0.717, 1.165) is 24.6 Å². The average Bonchev–Trinajstić information content (AvgIpc) is 2.32. The first kappa shape index (κ1) is 18.5. The molecule has 0 saturated carbocycles. The molecule has 1 unspecified atom stereocenters. The fraction of sp³-hybridized carbons (Fsp3) is 0.667. The molecular formula is C18H30ClNO. The minimum absolute atomic E-state index is 0.0948. The van der Waals surface area contributed by atoms with Crippen LogP contribution in [0, 0.1) is 0 Å². The second-order valence-electron chi connectivity index (χ2n) is 7.60. The average molecular weight is 312 g/mol. The molecule has 0 heterocycles. The van der Waals surface area contributed by atoms with Crippen molar-refractivity contribution in [2.24, 2.45) is 0 Å².